The number of carbonyl (C=O) groups is 2. The van der Waals surface area contributed by atoms with E-state index in [-0.39, 0.29) is 11.8 Å². The fourth-order valence-corrected chi connectivity index (χ4v) is 2.78. The molecule has 5 heteroatoms. The smallest absolute Gasteiger partial charge is 0.329 e. The maximum absolute atomic E-state index is 12.0. The van der Waals surface area contributed by atoms with Gasteiger partial charge in [0.05, 0.1) is 5.92 Å². The molecule has 1 heterocycles. The third-order valence-electron chi connectivity index (χ3n) is 3.90. The van der Waals surface area contributed by atoms with Crippen molar-refractivity contribution < 1.29 is 14.7 Å². The monoisotopic (exact) mass is 240 g/mol. The number of hydrogen-bond donors (Lipinski definition) is 3. The Hall–Kier alpha value is -1.10. The van der Waals surface area contributed by atoms with Crippen LogP contribution in [0, 0.1) is 5.92 Å². The molecule has 0 bridgehead atoms. The molecule has 1 saturated carbocycles. The van der Waals surface area contributed by atoms with Crippen molar-refractivity contribution in [1.29, 1.82) is 0 Å². The Bertz CT molecular complexity index is 305. The molecule has 0 radical (unpaired) electrons. The van der Waals surface area contributed by atoms with Crippen LogP contribution in [0.2, 0.25) is 0 Å². The third kappa shape index (κ3) is 2.60. The van der Waals surface area contributed by atoms with Gasteiger partial charge in [-0.05, 0) is 32.2 Å². The maximum Gasteiger partial charge on any atom is 0.329 e. The summed E-state index contributed by atoms with van der Waals surface area (Å²) in [6.07, 6.45) is 4.74. The maximum atomic E-state index is 12.0. The van der Waals surface area contributed by atoms with E-state index >= 15 is 0 Å². The predicted octanol–water partition coefficient (Wildman–Crippen LogP) is 0.500. The minimum atomic E-state index is -0.992. The van der Waals surface area contributed by atoms with Gasteiger partial charge < -0.3 is 15.7 Å². The van der Waals surface area contributed by atoms with Gasteiger partial charge in [-0.15, -0.1) is 0 Å². The molecule has 1 amide bonds. The largest absolute Gasteiger partial charge is 0.480 e. The van der Waals surface area contributed by atoms with Gasteiger partial charge in [0, 0.05) is 6.54 Å². The molecule has 0 aromatic heterocycles. The van der Waals surface area contributed by atoms with Crippen LogP contribution in [0.25, 0.3) is 0 Å². The van der Waals surface area contributed by atoms with Crippen LogP contribution in [-0.2, 0) is 9.59 Å². The zero-order chi connectivity index (χ0) is 12.3. The Labute approximate surface area is 101 Å². The number of aliphatic carboxylic acids is 1. The fourth-order valence-electron chi connectivity index (χ4n) is 2.78. The average Bonchev–Trinajstić information content (AvgIpc) is 2.80. The summed E-state index contributed by atoms with van der Waals surface area (Å²) in [7, 11) is 0. The topological polar surface area (TPSA) is 78.4 Å². The molecule has 0 aromatic carbocycles. The number of carboxylic acid groups (broad SMARTS) is 1. The summed E-state index contributed by atoms with van der Waals surface area (Å²) in [6.45, 7) is 1.62. The molecular weight excluding hydrogens is 220 g/mol. The van der Waals surface area contributed by atoms with E-state index in [2.05, 4.69) is 10.6 Å². The highest BCUT2D eigenvalue weighted by Crippen LogP contribution is 2.30. The zero-order valence-electron chi connectivity index (χ0n) is 10.00. The van der Waals surface area contributed by atoms with Gasteiger partial charge in [0.1, 0.15) is 5.54 Å². The van der Waals surface area contributed by atoms with Crippen molar-refractivity contribution in [3.63, 3.8) is 0 Å². The van der Waals surface area contributed by atoms with E-state index in [9.17, 15) is 14.7 Å². The second kappa shape index (κ2) is 5.04. The minimum absolute atomic E-state index is 0.0689. The third-order valence-corrected chi connectivity index (χ3v) is 3.90. The summed E-state index contributed by atoms with van der Waals surface area (Å²) >= 11 is 0. The van der Waals surface area contributed by atoms with Crippen LogP contribution in [0.15, 0.2) is 0 Å². The van der Waals surface area contributed by atoms with Gasteiger partial charge in [0.25, 0.3) is 0 Å². The van der Waals surface area contributed by atoms with Gasteiger partial charge in [0.15, 0.2) is 0 Å². The van der Waals surface area contributed by atoms with Crippen molar-refractivity contribution in [2.24, 2.45) is 5.92 Å². The van der Waals surface area contributed by atoms with Crippen molar-refractivity contribution >= 4 is 11.9 Å². The van der Waals surface area contributed by atoms with Crippen LogP contribution in [0.3, 0.4) is 0 Å². The van der Waals surface area contributed by atoms with E-state index in [4.69, 9.17) is 0 Å². The summed E-state index contributed by atoms with van der Waals surface area (Å²) in [6, 6.07) is 0. The van der Waals surface area contributed by atoms with Crippen LogP contribution < -0.4 is 10.6 Å². The van der Waals surface area contributed by atoms with Crippen LogP contribution in [0.5, 0.6) is 0 Å². The molecule has 17 heavy (non-hydrogen) atoms. The van der Waals surface area contributed by atoms with Gasteiger partial charge in [-0.3, -0.25) is 4.79 Å². The Kier molecular flexibility index (Phi) is 3.66. The summed E-state index contributed by atoms with van der Waals surface area (Å²) in [5.41, 5.74) is -0.992. The van der Waals surface area contributed by atoms with Gasteiger partial charge in [0.2, 0.25) is 5.91 Å². The Morgan fingerprint density at radius 3 is 2.47 bits per heavy atom. The van der Waals surface area contributed by atoms with Gasteiger partial charge >= 0.3 is 5.97 Å². The first kappa shape index (κ1) is 12.4. The van der Waals surface area contributed by atoms with E-state index in [0.717, 1.165) is 32.2 Å². The molecule has 1 saturated heterocycles. The molecule has 2 aliphatic rings. The fraction of sp³-hybridized carbons (Fsp3) is 0.833. The highest BCUT2D eigenvalue weighted by molar-refractivity contribution is 5.88. The van der Waals surface area contributed by atoms with Crippen molar-refractivity contribution in [3.05, 3.63) is 0 Å². The lowest BCUT2D eigenvalue weighted by molar-refractivity contribution is -0.148. The number of hydrogen-bond acceptors (Lipinski definition) is 3. The van der Waals surface area contributed by atoms with E-state index < -0.39 is 11.5 Å². The standard InChI is InChI=1S/C12H20N2O3/c15-10(9-4-3-7-13-8-9)14-12(11(16)17)5-1-2-6-12/h9,13H,1-8H2,(H,14,15)(H,16,17). The minimum Gasteiger partial charge on any atom is -0.480 e. The van der Waals surface area contributed by atoms with Crippen LogP contribution in [-0.4, -0.2) is 35.6 Å². The normalized spacial score (nSPS) is 27.6. The second-order valence-corrected chi connectivity index (χ2v) is 5.13. The van der Waals surface area contributed by atoms with Gasteiger partial charge in [-0.25, -0.2) is 4.79 Å². The van der Waals surface area contributed by atoms with Crippen molar-refractivity contribution in [2.75, 3.05) is 13.1 Å². The average molecular weight is 240 g/mol. The van der Waals surface area contributed by atoms with Crippen LogP contribution >= 0.6 is 0 Å². The first-order valence-corrected chi connectivity index (χ1v) is 6.40. The van der Waals surface area contributed by atoms with E-state index in [1.165, 1.54) is 0 Å². The van der Waals surface area contributed by atoms with Gasteiger partial charge in [-0.1, -0.05) is 12.8 Å². The van der Waals surface area contributed by atoms with Crippen molar-refractivity contribution in [2.45, 2.75) is 44.1 Å². The number of rotatable bonds is 3. The number of piperidine rings is 1. The molecule has 2 rings (SSSR count). The molecule has 2 fully saturated rings. The van der Waals surface area contributed by atoms with Crippen LogP contribution in [0.4, 0.5) is 0 Å². The Morgan fingerprint density at radius 2 is 1.94 bits per heavy atom. The quantitative estimate of drug-likeness (QED) is 0.671. The van der Waals surface area contributed by atoms with Crippen LogP contribution in [0.1, 0.15) is 38.5 Å². The molecule has 1 atom stereocenters. The van der Waals surface area contributed by atoms with Crippen molar-refractivity contribution in [1.82, 2.24) is 10.6 Å². The van der Waals surface area contributed by atoms with Gasteiger partial charge in [-0.2, -0.15) is 0 Å². The molecule has 1 aliphatic carbocycles. The summed E-state index contributed by atoms with van der Waals surface area (Å²) < 4.78 is 0. The lowest BCUT2D eigenvalue weighted by Gasteiger charge is -2.29. The number of carboxylic acids is 1. The molecule has 1 unspecified atom stereocenters. The lowest BCUT2D eigenvalue weighted by atomic mass is 9.93. The summed E-state index contributed by atoms with van der Waals surface area (Å²) in [5.74, 6) is -1.05. The molecule has 3 N–H and O–H groups in total. The molecule has 0 aromatic rings. The highest BCUT2D eigenvalue weighted by Gasteiger charge is 2.43. The molecule has 5 nitrogen and oxygen atoms in total. The zero-order valence-corrected chi connectivity index (χ0v) is 10.00. The van der Waals surface area contributed by atoms with Crippen molar-refractivity contribution in [3.8, 4) is 0 Å². The van der Waals surface area contributed by atoms with E-state index in [1.807, 2.05) is 0 Å². The molecule has 1 aliphatic heterocycles. The second-order valence-electron chi connectivity index (χ2n) is 5.13. The SMILES string of the molecule is O=C(NC1(C(=O)O)CCCC1)C1CCCNC1. The predicted molar refractivity (Wildman–Crippen MR) is 62.6 cm³/mol. The highest BCUT2D eigenvalue weighted by atomic mass is 16.4. The van der Waals surface area contributed by atoms with E-state index in [0.29, 0.717) is 19.4 Å². The first-order valence-electron chi connectivity index (χ1n) is 6.40. The first-order chi connectivity index (χ1) is 8.14. The molecule has 96 valence electrons. The van der Waals surface area contributed by atoms with E-state index in [1.54, 1.807) is 0 Å². The Morgan fingerprint density at radius 1 is 1.24 bits per heavy atom. The molecular formula is C12H20N2O3. The summed E-state index contributed by atoms with van der Waals surface area (Å²) in [5, 5.41) is 15.2. The lowest BCUT2D eigenvalue weighted by Crippen LogP contribution is -2.55. The number of carbonyl (C=O) groups excluding carboxylic acids is 1. The summed E-state index contributed by atoms with van der Waals surface area (Å²) in [4.78, 5) is 23.4. The Balaban J connectivity index is 1.98. The molecule has 0 spiro atoms. The number of amides is 1. The number of nitrogens with one attached hydrogen (secondary N) is 2.